The summed E-state index contributed by atoms with van der Waals surface area (Å²) in [5.41, 5.74) is 7.10. The normalized spacial score (nSPS) is 17.1. The van der Waals surface area contributed by atoms with Crippen molar-refractivity contribution in [2.75, 3.05) is 18.0 Å². The van der Waals surface area contributed by atoms with E-state index in [0.29, 0.717) is 6.04 Å². The van der Waals surface area contributed by atoms with Crippen LogP contribution in [0.25, 0.3) is 5.69 Å². The number of para-hydroxylation sites is 1. The van der Waals surface area contributed by atoms with E-state index < -0.39 is 0 Å². The van der Waals surface area contributed by atoms with E-state index >= 15 is 0 Å². The molecule has 2 heterocycles. The van der Waals surface area contributed by atoms with Gasteiger partial charge in [-0.05, 0) is 25.0 Å². The van der Waals surface area contributed by atoms with Crippen LogP contribution in [0.3, 0.4) is 0 Å². The van der Waals surface area contributed by atoms with Gasteiger partial charge in [0.1, 0.15) is 0 Å². The van der Waals surface area contributed by atoms with Crippen LogP contribution in [-0.4, -0.2) is 28.7 Å². The van der Waals surface area contributed by atoms with Gasteiger partial charge in [-0.25, -0.2) is 4.98 Å². The average molecular weight is 242 g/mol. The summed E-state index contributed by atoms with van der Waals surface area (Å²) >= 11 is 0. The Bertz CT molecular complexity index is 498. The maximum Gasteiger partial charge on any atom is 0.210 e. The summed E-state index contributed by atoms with van der Waals surface area (Å²) in [5, 5.41) is 0. The van der Waals surface area contributed by atoms with Crippen LogP contribution < -0.4 is 10.6 Å². The van der Waals surface area contributed by atoms with Gasteiger partial charge in [-0.3, -0.25) is 4.57 Å². The summed E-state index contributed by atoms with van der Waals surface area (Å²) in [4.78, 5) is 6.81. The van der Waals surface area contributed by atoms with E-state index in [1.54, 1.807) is 0 Å². The molecule has 18 heavy (non-hydrogen) atoms. The Morgan fingerprint density at radius 1 is 1.11 bits per heavy atom. The Labute approximate surface area is 107 Å². The second-order valence-electron chi connectivity index (χ2n) is 4.76. The fourth-order valence-corrected chi connectivity index (χ4v) is 2.42. The summed E-state index contributed by atoms with van der Waals surface area (Å²) in [6.07, 6.45) is 5.96. The minimum absolute atomic E-state index is 0.349. The van der Waals surface area contributed by atoms with E-state index in [2.05, 4.69) is 26.6 Å². The number of benzene rings is 1. The summed E-state index contributed by atoms with van der Waals surface area (Å²) in [6.45, 7) is 1.98. The van der Waals surface area contributed by atoms with Crippen molar-refractivity contribution in [3.8, 4) is 5.69 Å². The van der Waals surface area contributed by atoms with Gasteiger partial charge in [-0.1, -0.05) is 18.2 Å². The first kappa shape index (κ1) is 11.3. The van der Waals surface area contributed by atoms with E-state index in [1.807, 2.05) is 30.6 Å². The highest BCUT2D eigenvalue weighted by Crippen LogP contribution is 2.21. The lowest BCUT2D eigenvalue weighted by atomic mass is 10.1. The lowest BCUT2D eigenvalue weighted by molar-refractivity contribution is 0.494. The molecule has 0 amide bonds. The number of hydrogen-bond acceptors (Lipinski definition) is 3. The molecule has 1 aliphatic heterocycles. The third-order valence-corrected chi connectivity index (χ3v) is 3.48. The number of anilines is 1. The highest BCUT2D eigenvalue weighted by atomic mass is 15.3. The van der Waals surface area contributed by atoms with Crippen molar-refractivity contribution in [3.63, 3.8) is 0 Å². The molecule has 0 atom stereocenters. The predicted molar refractivity (Wildman–Crippen MR) is 73.0 cm³/mol. The minimum Gasteiger partial charge on any atom is -0.342 e. The lowest BCUT2D eigenvalue weighted by Gasteiger charge is -2.31. The van der Waals surface area contributed by atoms with E-state index in [9.17, 15) is 0 Å². The van der Waals surface area contributed by atoms with Crippen LogP contribution >= 0.6 is 0 Å². The molecule has 0 aliphatic carbocycles. The number of nitrogens with two attached hydrogens (primary N) is 1. The smallest absolute Gasteiger partial charge is 0.210 e. The molecule has 1 aromatic carbocycles. The molecule has 0 unspecified atom stereocenters. The predicted octanol–water partition coefficient (Wildman–Crippen LogP) is 1.80. The van der Waals surface area contributed by atoms with Crippen molar-refractivity contribution in [1.29, 1.82) is 0 Å². The van der Waals surface area contributed by atoms with Crippen LogP contribution in [0.2, 0.25) is 0 Å². The Morgan fingerprint density at radius 3 is 2.56 bits per heavy atom. The first-order chi connectivity index (χ1) is 8.84. The highest BCUT2D eigenvalue weighted by molar-refractivity contribution is 5.43. The summed E-state index contributed by atoms with van der Waals surface area (Å²) < 4.78 is 2.14. The summed E-state index contributed by atoms with van der Waals surface area (Å²) in [7, 11) is 0. The second kappa shape index (κ2) is 4.82. The average Bonchev–Trinajstić information content (AvgIpc) is 2.90. The molecule has 1 saturated heterocycles. The fourth-order valence-electron chi connectivity index (χ4n) is 2.42. The third-order valence-electron chi connectivity index (χ3n) is 3.48. The van der Waals surface area contributed by atoms with E-state index in [-0.39, 0.29) is 0 Å². The van der Waals surface area contributed by atoms with Crippen molar-refractivity contribution in [2.45, 2.75) is 18.9 Å². The molecular formula is C14H18N4. The third kappa shape index (κ3) is 2.11. The summed E-state index contributed by atoms with van der Waals surface area (Å²) in [5.74, 6) is 1.02. The van der Waals surface area contributed by atoms with E-state index in [4.69, 9.17) is 5.73 Å². The van der Waals surface area contributed by atoms with Crippen molar-refractivity contribution in [2.24, 2.45) is 5.73 Å². The van der Waals surface area contributed by atoms with Crippen LogP contribution in [0, 0.1) is 0 Å². The molecule has 0 spiro atoms. The summed E-state index contributed by atoms with van der Waals surface area (Å²) in [6, 6.07) is 10.7. The van der Waals surface area contributed by atoms with Gasteiger partial charge in [-0.15, -0.1) is 0 Å². The molecule has 0 bridgehead atoms. The first-order valence-electron chi connectivity index (χ1n) is 6.44. The van der Waals surface area contributed by atoms with Crippen LogP contribution in [0.15, 0.2) is 42.7 Å². The molecule has 1 fully saturated rings. The number of nitrogens with zero attached hydrogens (tertiary/aromatic N) is 3. The monoisotopic (exact) mass is 242 g/mol. The number of rotatable bonds is 2. The van der Waals surface area contributed by atoms with Crippen LogP contribution in [0.4, 0.5) is 5.95 Å². The van der Waals surface area contributed by atoms with E-state index in [1.165, 1.54) is 0 Å². The zero-order chi connectivity index (χ0) is 12.4. The molecule has 4 nitrogen and oxygen atoms in total. The fraction of sp³-hybridized carbons (Fsp3) is 0.357. The van der Waals surface area contributed by atoms with Crippen LogP contribution in [0.5, 0.6) is 0 Å². The Hall–Kier alpha value is -1.81. The van der Waals surface area contributed by atoms with Crippen molar-refractivity contribution in [3.05, 3.63) is 42.7 Å². The quantitative estimate of drug-likeness (QED) is 0.873. The topological polar surface area (TPSA) is 47.1 Å². The van der Waals surface area contributed by atoms with Crippen molar-refractivity contribution >= 4 is 5.95 Å². The molecule has 94 valence electrons. The zero-order valence-corrected chi connectivity index (χ0v) is 10.4. The molecule has 4 heteroatoms. The van der Waals surface area contributed by atoms with Gasteiger partial charge in [0.05, 0.1) is 0 Å². The number of hydrogen-bond donors (Lipinski definition) is 1. The molecule has 2 aromatic rings. The molecule has 2 N–H and O–H groups in total. The van der Waals surface area contributed by atoms with Gasteiger partial charge in [0, 0.05) is 37.2 Å². The van der Waals surface area contributed by atoms with Gasteiger partial charge in [0.25, 0.3) is 0 Å². The van der Waals surface area contributed by atoms with Crippen LogP contribution in [0.1, 0.15) is 12.8 Å². The minimum atomic E-state index is 0.349. The molecule has 3 rings (SSSR count). The first-order valence-corrected chi connectivity index (χ1v) is 6.44. The molecule has 0 radical (unpaired) electrons. The lowest BCUT2D eigenvalue weighted by Crippen LogP contribution is -2.40. The van der Waals surface area contributed by atoms with Crippen molar-refractivity contribution < 1.29 is 0 Å². The van der Waals surface area contributed by atoms with Crippen LogP contribution in [-0.2, 0) is 0 Å². The maximum atomic E-state index is 5.95. The highest BCUT2D eigenvalue weighted by Gasteiger charge is 2.19. The van der Waals surface area contributed by atoms with Gasteiger partial charge in [0.2, 0.25) is 5.95 Å². The SMILES string of the molecule is NC1CCN(c2nccn2-c2ccccc2)CC1. The largest absolute Gasteiger partial charge is 0.342 e. The van der Waals surface area contributed by atoms with Gasteiger partial charge in [0.15, 0.2) is 0 Å². The van der Waals surface area contributed by atoms with Gasteiger partial charge in [-0.2, -0.15) is 0 Å². The molecule has 1 aliphatic rings. The molecule has 0 saturated carbocycles. The second-order valence-corrected chi connectivity index (χ2v) is 4.76. The number of aromatic nitrogens is 2. The molecule has 1 aromatic heterocycles. The standard InChI is InChI=1S/C14H18N4/c15-12-6-9-17(10-7-12)14-16-8-11-18(14)13-4-2-1-3-5-13/h1-5,8,11-12H,6-7,9-10,15H2. The Morgan fingerprint density at radius 2 is 1.83 bits per heavy atom. The number of imidazole rings is 1. The Balaban J connectivity index is 1.88. The van der Waals surface area contributed by atoms with Gasteiger partial charge < -0.3 is 10.6 Å². The maximum absolute atomic E-state index is 5.95. The van der Waals surface area contributed by atoms with E-state index in [0.717, 1.165) is 37.6 Å². The number of piperidine rings is 1. The van der Waals surface area contributed by atoms with Crippen molar-refractivity contribution in [1.82, 2.24) is 9.55 Å². The van der Waals surface area contributed by atoms with Gasteiger partial charge >= 0.3 is 0 Å². The zero-order valence-electron chi connectivity index (χ0n) is 10.4. The molecular weight excluding hydrogens is 224 g/mol. The Kier molecular flexibility index (Phi) is 3.02.